The average molecular weight is 173 g/mol. The van der Waals surface area contributed by atoms with Gasteiger partial charge >= 0.3 is 5.97 Å². The molecule has 0 spiro atoms. The van der Waals surface area contributed by atoms with Gasteiger partial charge in [0.2, 0.25) is 0 Å². The molecule has 12 heavy (non-hydrogen) atoms. The van der Waals surface area contributed by atoms with Crippen LogP contribution in [0, 0.1) is 0 Å². The number of carboxylic acids is 1. The van der Waals surface area contributed by atoms with Crippen molar-refractivity contribution in [3.63, 3.8) is 0 Å². The summed E-state index contributed by atoms with van der Waals surface area (Å²) in [4.78, 5) is 10.0. The van der Waals surface area contributed by atoms with E-state index in [9.17, 15) is 9.18 Å². The molecule has 1 aromatic rings. The molecule has 5 nitrogen and oxygen atoms in total. The lowest BCUT2D eigenvalue weighted by Gasteiger charge is -1.98. The molecule has 1 unspecified atom stereocenters. The van der Waals surface area contributed by atoms with Gasteiger partial charge in [-0.15, -0.1) is 0 Å². The molecule has 0 radical (unpaired) electrons. The van der Waals surface area contributed by atoms with Crippen LogP contribution in [0.15, 0.2) is 6.20 Å². The number of aryl methyl sites for hydroxylation is 1. The maximum atomic E-state index is 12.5. The molecule has 0 aliphatic heterocycles. The lowest BCUT2D eigenvalue weighted by Crippen LogP contribution is -2.15. The molecule has 0 aliphatic carbocycles. The average Bonchev–Trinajstić information content (AvgIpc) is 2.51. The zero-order valence-corrected chi connectivity index (χ0v) is 6.20. The van der Waals surface area contributed by atoms with Crippen LogP contribution in [-0.4, -0.2) is 32.7 Å². The molecule has 6 heteroatoms. The maximum absolute atomic E-state index is 12.5. The van der Waals surface area contributed by atoms with E-state index in [4.69, 9.17) is 5.11 Å². The summed E-state index contributed by atoms with van der Waals surface area (Å²) in [6, 6.07) is 0. The number of halogens is 1. The molecule has 0 aromatic carbocycles. The van der Waals surface area contributed by atoms with E-state index in [1.54, 1.807) is 0 Å². The van der Waals surface area contributed by atoms with Crippen molar-refractivity contribution >= 4 is 5.97 Å². The van der Waals surface area contributed by atoms with Gasteiger partial charge in [0.05, 0.1) is 11.9 Å². The van der Waals surface area contributed by atoms with Gasteiger partial charge in [-0.3, -0.25) is 0 Å². The third-order valence-corrected chi connectivity index (χ3v) is 1.39. The van der Waals surface area contributed by atoms with E-state index >= 15 is 0 Å². The first-order valence-corrected chi connectivity index (χ1v) is 3.41. The molecule has 66 valence electrons. The van der Waals surface area contributed by atoms with Gasteiger partial charge in [0.25, 0.3) is 0 Å². The molecule has 1 heterocycles. The number of hydrogen-bond acceptors (Lipinski definition) is 3. The Morgan fingerprint density at radius 3 is 3.08 bits per heavy atom. The van der Waals surface area contributed by atoms with Crippen LogP contribution in [-0.2, 0) is 11.2 Å². The van der Waals surface area contributed by atoms with Crippen LogP contribution >= 0.6 is 0 Å². The second-order valence-electron chi connectivity index (χ2n) is 2.31. The van der Waals surface area contributed by atoms with Crippen molar-refractivity contribution < 1.29 is 14.3 Å². The number of hydrogen-bond donors (Lipinski definition) is 2. The highest BCUT2D eigenvalue weighted by Crippen LogP contribution is 2.03. The number of rotatable bonds is 4. The van der Waals surface area contributed by atoms with Gasteiger partial charge < -0.3 is 5.11 Å². The van der Waals surface area contributed by atoms with Crippen LogP contribution in [0.5, 0.6) is 0 Å². The third kappa shape index (κ3) is 2.30. The highest BCUT2D eigenvalue weighted by molar-refractivity contribution is 5.71. The molecule has 0 aliphatic rings. The van der Waals surface area contributed by atoms with Gasteiger partial charge in [-0.2, -0.15) is 15.4 Å². The molecule has 1 aromatic heterocycles. The van der Waals surface area contributed by atoms with Crippen molar-refractivity contribution in [1.29, 1.82) is 0 Å². The summed E-state index contributed by atoms with van der Waals surface area (Å²) in [7, 11) is 0. The number of nitrogens with one attached hydrogen (secondary N) is 1. The minimum atomic E-state index is -1.82. The van der Waals surface area contributed by atoms with E-state index < -0.39 is 12.1 Å². The van der Waals surface area contributed by atoms with Crippen LogP contribution in [0.4, 0.5) is 4.39 Å². The zero-order chi connectivity index (χ0) is 8.97. The minimum absolute atomic E-state index is 0.0676. The van der Waals surface area contributed by atoms with Gasteiger partial charge in [0.1, 0.15) is 0 Å². The summed E-state index contributed by atoms with van der Waals surface area (Å²) in [5.41, 5.74) is 0.568. The van der Waals surface area contributed by atoms with Crippen LogP contribution in [0.2, 0.25) is 0 Å². The number of carboxylic acid groups (broad SMARTS) is 1. The Bertz CT molecular complexity index is 249. The first-order chi connectivity index (χ1) is 5.70. The Morgan fingerprint density at radius 1 is 1.83 bits per heavy atom. The Hall–Kier alpha value is -1.46. The fraction of sp³-hybridized carbons (Fsp3) is 0.500. The standard InChI is InChI=1S/C6H8FN3O2/c7-5(6(11)12)2-1-4-3-8-10-9-4/h3,5H,1-2H2,(H,11,12)(H,8,9,10). The van der Waals surface area contributed by atoms with Crippen molar-refractivity contribution in [2.75, 3.05) is 0 Å². The maximum Gasteiger partial charge on any atom is 0.338 e. The predicted molar refractivity (Wildman–Crippen MR) is 37.2 cm³/mol. The fourth-order valence-corrected chi connectivity index (χ4v) is 0.744. The number of nitrogens with zero attached hydrogens (tertiary/aromatic N) is 2. The Balaban J connectivity index is 2.31. The second kappa shape index (κ2) is 3.80. The summed E-state index contributed by atoms with van der Waals surface area (Å²) in [5, 5.41) is 17.7. The van der Waals surface area contributed by atoms with Crippen LogP contribution in [0.3, 0.4) is 0 Å². The fourth-order valence-electron chi connectivity index (χ4n) is 0.744. The summed E-state index contributed by atoms with van der Waals surface area (Å²) in [6.45, 7) is 0. The van der Waals surface area contributed by atoms with Crippen molar-refractivity contribution in [1.82, 2.24) is 15.4 Å². The lowest BCUT2D eigenvalue weighted by atomic mass is 10.2. The number of aliphatic carboxylic acids is 1. The SMILES string of the molecule is O=C(O)C(F)CCc1cn[nH]n1. The van der Waals surface area contributed by atoms with E-state index in [0.29, 0.717) is 5.69 Å². The van der Waals surface area contributed by atoms with Gasteiger partial charge in [-0.1, -0.05) is 0 Å². The summed E-state index contributed by atoms with van der Waals surface area (Å²) in [6.07, 6.45) is -0.165. The first kappa shape index (κ1) is 8.63. The molecule has 0 saturated carbocycles. The molecule has 1 atom stereocenters. The van der Waals surface area contributed by atoms with E-state index in [1.807, 2.05) is 0 Å². The molecule has 0 amide bonds. The molecular formula is C6H8FN3O2. The van der Waals surface area contributed by atoms with E-state index in [-0.39, 0.29) is 12.8 Å². The van der Waals surface area contributed by atoms with Gasteiger partial charge in [-0.05, 0) is 12.8 Å². The third-order valence-electron chi connectivity index (χ3n) is 1.39. The number of aromatic amines is 1. The molecule has 1 rings (SSSR count). The molecule has 0 saturated heterocycles. The highest BCUT2D eigenvalue weighted by Gasteiger charge is 2.15. The monoisotopic (exact) mass is 173 g/mol. The van der Waals surface area contributed by atoms with Crippen LogP contribution in [0.25, 0.3) is 0 Å². The number of H-pyrrole nitrogens is 1. The van der Waals surface area contributed by atoms with Crippen molar-refractivity contribution in [2.24, 2.45) is 0 Å². The van der Waals surface area contributed by atoms with Gasteiger partial charge in [0.15, 0.2) is 6.17 Å². The Kier molecular flexibility index (Phi) is 2.73. The van der Waals surface area contributed by atoms with Crippen molar-refractivity contribution in [3.05, 3.63) is 11.9 Å². The van der Waals surface area contributed by atoms with E-state index in [0.717, 1.165) is 0 Å². The Morgan fingerprint density at radius 2 is 2.58 bits per heavy atom. The molecule has 0 bridgehead atoms. The quantitative estimate of drug-likeness (QED) is 0.679. The van der Waals surface area contributed by atoms with Crippen molar-refractivity contribution in [2.45, 2.75) is 19.0 Å². The summed E-state index contributed by atoms with van der Waals surface area (Å²) in [5.74, 6) is -1.43. The normalized spacial score (nSPS) is 12.8. The first-order valence-electron chi connectivity index (χ1n) is 3.41. The molecular weight excluding hydrogens is 165 g/mol. The lowest BCUT2D eigenvalue weighted by molar-refractivity contribution is -0.142. The summed E-state index contributed by atoms with van der Waals surface area (Å²) < 4.78 is 12.5. The van der Waals surface area contributed by atoms with Crippen molar-refractivity contribution in [3.8, 4) is 0 Å². The van der Waals surface area contributed by atoms with Crippen LogP contribution in [0.1, 0.15) is 12.1 Å². The zero-order valence-electron chi connectivity index (χ0n) is 6.20. The van der Waals surface area contributed by atoms with Crippen LogP contribution < -0.4 is 0 Å². The predicted octanol–water partition coefficient (Wildman–Crippen LogP) is 0.160. The number of carbonyl (C=O) groups is 1. The highest BCUT2D eigenvalue weighted by atomic mass is 19.1. The smallest absolute Gasteiger partial charge is 0.338 e. The summed E-state index contributed by atoms with van der Waals surface area (Å²) >= 11 is 0. The van der Waals surface area contributed by atoms with Gasteiger partial charge in [-0.25, -0.2) is 9.18 Å². The van der Waals surface area contributed by atoms with E-state index in [2.05, 4.69) is 15.4 Å². The number of alkyl halides is 1. The van der Waals surface area contributed by atoms with Gasteiger partial charge in [0, 0.05) is 0 Å². The molecule has 0 fully saturated rings. The molecule has 2 N–H and O–H groups in total. The van der Waals surface area contributed by atoms with E-state index in [1.165, 1.54) is 6.20 Å². The largest absolute Gasteiger partial charge is 0.479 e. The number of aromatic nitrogens is 3. The topological polar surface area (TPSA) is 78.9 Å². The second-order valence-corrected chi connectivity index (χ2v) is 2.31. The Labute approximate surface area is 67.6 Å². The minimum Gasteiger partial charge on any atom is -0.479 e.